The molecule has 0 atom stereocenters. The van der Waals surface area contributed by atoms with E-state index >= 15 is 0 Å². The van der Waals surface area contributed by atoms with Crippen LogP contribution in [-0.4, -0.2) is 25.1 Å². The molecular formula is C10H14N4. The van der Waals surface area contributed by atoms with Crippen LogP contribution in [0.2, 0.25) is 0 Å². The van der Waals surface area contributed by atoms with E-state index in [-0.39, 0.29) is 0 Å². The van der Waals surface area contributed by atoms with Gasteiger partial charge in [-0.1, -0.05) is 0 Å². The number of anilines is 1. The molecule has 1 aromatic rings. The van der Waals surface area contributed by atoms with Crippen molar-refractivity contribution in [3.05, 3.63) is 23.4 Å². The van der Waals surface area contributed by atoms with Crippen molar-refractivity contribution in [1.82, 2.24) is 10.3 Å². The van der Waals surface area contributed by atoms with Crippen LogP contribution in [0.1, 0.15) is 11.3 Å². The number of pyridine rings is 1. The summed E-state index contributed by atoms with van der Waals surface area (Å²) in [6.45, 7) is 3.55. The highest BCUT2D eigenvalue weighted by molar-refractivity contribution is 5.44. The second-order valence-electron chi connectivity index (χ2n) is 3.02. The van der Waals surface area contributed by atoms with Gasteiger partial charge >= 0.3 is 0 Å². The van der Waals surface area contributed by atoms with Gasteiger partial charge in [0.15, 0.2) is 0 Å². The highest BCUT2D eigenvalue weighted by Crippen LogP contribution is 2.08. The number of hydrogen-bond donors (Lipinski definition) is 2. The first-order chi connectivity index (χ1) is 6.76. The first-order valence-corrected chi connectivity index (χ1v) is 4.53. The van der Waals surface area contributed by atoms with Crippen LogP contribution in [0.4, 0.5) is 5.82 Å². The Morgan fingerprint density at radius 3 is 2.86 bits per heavy atom. The molecular weight excluding hydrogens is 176 g/mol. The van der Waals surface area contributed by atoms with Crippen molar-refractivity contribution in [2.45, 2.75) is 6.92 Å². The van der Waals surface area contributed by atoms with Crippen molar-refractivity contribution in [2.24, 2.45) is 0 Å². The minimum atomic E-state index is 0.643. The largest absolute Gasteiger partial charge is 0.369 e. The molecule has 1 heterocycles. The Balaban J connectivity index is 2.68. The molecule has 0 saturated carbocycles. The van der Waals surface area contributed by atoms with Gasteiger partial charge in [0, 0.05) is 18.8 Å². The van der Waals surface area contributed by atoms with E-state index in [1.54, 1.807) is 12.1 Å². The van der Waals surface area contributed by atoms with E-state index in [2.05, 4.69) is 21.7 Å². The van der Waals surface area contributed by atoms with Gasteiger partial charge in [0.1, 0.15) is 5.82 Å². The highest BCUT2D eigenvalue weighted by atomic mass is 15.0. The van der Waals surface area contributed by atoms with Crippen molar-refractivity contribution in [1.29, 1.82) is 5.26 Å². The lowest BCUT2D eigenvalue weighted by atomic mass is 10.2. The topological polar surface area (TPSA) is 60.7 Å². The molecule has 0 aliphatic rings. The zero-order valence-electron chi connectivity index (χ0n) is 8.46. The summed E-state index contributed by atoms with van der Waals surface area (Å²) in [5.41, 5.74) is 1.50. The Labute approximate surface area is 84.0 Å². The molecule has 0 aliphatic heterocycles. The summed E-state index contributed by atoms with van der Waals surface area (Å²) in [5, 5.41) is 14.9. The lowest BCUT2D eigenvalue weighted by Crippen LogP contribution is -2.18. The molecule has 2 N–H and O–H groups in total. The zero-order chi connectivity index (χ0) is 10.4. The van der Waals surface area contributed by atoms with Crippen molar-refractivity contribution in [3.63, 3.8) is 0 Å². The Morgan fingerprint density at radius 1 is 1.43 bits per heavy atom. The van der Waals surface area contributed by atoms with Gasteiger partial charge in [0.25, 0.3) is 0 Å². The number of aromatic nitrogens is 1. The SMILES string of the molecule is CNCCNc1cc(C#N)cc(C)n1. The molecule has 0 fully saturated rings. The third kappa shape index (κ3) is 3.04. The minimum Gasteiger partial charge on any atom is -0.369 e. The lowest BCUT2D eigenvalue weighted by molar-refractivity contribution is 0.821. The molecule has 4 nitrogen and oxygen atoms in total. The summed E-state index contributed by atoms with van der Waals surface area (Å²) < 4.78 is 0. The normalized spacial score (nSPS) is 9.50. The molecule has 0 aliphatic carbocycles. The summed E-state index contributed by atoms with van der Waals surface area (Å²) in [7, 11) is 1.89. The van der Waals surface area contributed by atoms with Crippen molar-refractivity contribution in [3.8, 4) is 6.07 Å². The molecule has 0 spiro atoms. The molecule has 1 aromatic heterocycles. The molecule has 1 rings (SSSR count). The molecule has 74 valence electrons. The number of nitriles is 1. The number of rotatable bonds is 4. The van der Waals surface area contributed by atoms with Gasteiger partial charge < -0.3 is 10.6 Å². The Kier molecular flexibility index (Phi) is 3.89. The van der Waals surface area contributed by atoms with Crippen LogP contribution in [0.5, 0.6) is 0 Å². The van der Waals surface area contributed by atoms with E-state index in [1.165, 1.54) is 0 Å². The zero-order valence-corrected chi connectivity index (χ0v) is 8.46. The van der Waals surface area contributed by atoms with Crippen LogP contribution >= 0.6 is 0 Å². The van der Waals surface area contributed by atoms with Gasteiger partial charge in [-0.05, 0) is 26.1 Å². The molecule has 0 radical (unpaired) electrons. The van der Waals surface area contributed by atoms with Crippen LogP contribution in [0.25, 0.3) is 0 Å². The maximum atomic E-state index is 8.74. The van der Waals surface area contributed by atoms with Gasteiger partial charge in [0.2, 0.25) is 0 Å². The second-order valence-corrected chi connectivity index (χ2v) is 3.02. The van der Waals surface area contributed by atoms with E-state index in [4.69, 9.17) is 5.26 Å². The fourth-order valence-corrected chi connectivity index (χ4v) is 1.14. The van der Waals surface area contributed by atoms with Crippen LogP contribution in [0.15, 0.2) is 12.1 Å². The monoisotopic (exact) mass is 190 g/mol. The molecule has 0 amide bonds. The highest BCUT2D eigenvalue weighted by Gasteiger charge is 1.98. The van der Waals surface area contributed by atoms with Gasteiger partial charge in [-0.15, -0.1) is 0 Å². The summed E-state index contributed by atoms with van der Waals surface area (Å²) in [4.78, 5) is 4.26. The van der Waals surface area contributed by atoms with Crippen molar-refractivity contribution in [2.75, 3.05) is 25.5 Å². The number of hydrogen-bond acceptors (Lipinski definition) is 4. The van der Waals surface area contributed by atoms with E-state index in [0.717, 1.165) is 24.6 Å². The van der Waals surface area contributed by atoms with E-state index in [0.29, 0.717) is 5.56 Å². The summed E-state index contributed by atoms with van der Waals surface area (Å²) >= 11 is 0. The van der Waals surface area contributed by atoms with Gasteiger partial charge in [-0.2, -0.15) is 5.26 Å². The van der Waals surface area contributed by atoms with Crippen LogP contribution in [0, 0.1) is 18.3 Å². The van der Waals surface area contributed by atoms with Crippen LogP contribution in [-0.2, 0) is 0 Å². The molecule has 0 bridgehead atoms. The predicted molar refractivity (Wildman–Crippen MR) is 56.1 cm³/mol. The Morgan fingerprint density at radius 2 is 2.21 bits per heavy atom. The van der Waals surface area contributed by atoms with E-state index < -0.39 is 0 Å². The fourth-order valence-electron chi connectivity index (χ4n) is 1.14. The summed E-state index contributed by atoms with van der Waals surface area (Å²) in [6.07, 6.45) is 0. The molecule has 0 saturated heterocycles. The first kappa shape index (κ1) is 10.5. The van der Waals surface area contributed by atoms with Gasteiger partial charge in [0.05, 0.1) is 11.6 Å². The quantitative estimate of drug-likeness (QED) is 0.692. The maximum Gasteiger partial charge on any atom is 0.127 e. The molecule has 4 heteroatoms. The fraction of sp³-hybridized carbons (Fsp3) is 0.400. The number of nitrogens with zero attached hydrogens (tertiary/aromatic N) is 2. The second kappa shape index (κ2) is 5.20. The molecule has 14 heavy (non-hydrogen) atoms. The van der Waals surface area contributed by atoms with Crippen LogP contribution in [0.3, 0.4) is 0 Å². The molecule has 0 aromatic carbocycles. The predicted octanol–water partition coefficient (Wildman–Crippen LogP) is 0.893. The van der Waals surface area contributed by atoms with E-state index in [1.807, 2.05) is 14.0 Å². The third-order valence-corrected chi connectivity index (χ3v) is 1.76. The number of aryl methyl sites for hydroxylation is 1. The minimum absolute atomic E-state index is 0.643. The van der Waals surface area contributed by atoms with Gasteiger partial charge in [-0.3, -0.25) is 0 Å². The smallest absolute Gasteiger partial charge is 0.127 e. The number of nitrogens with one attached hydrogen (secondary N) is 2. The van der Waals surface area contributed by atoms with Crippen LogP contribution < -0.4 is 10.6 Å². The van der Waals surface area contributed by atoms with Gasteiger partial charge in [-0.25, -0.2) is 4.98 Å². The third-order valence-electron chi connectivity index (χ3n) is 1.76. The average Bonchev–Trinajstić information content (AvgIpc) is 2.17. The first-order valence-electron chi connectivity index (χ1n) is 4.53. The lowest BCUT2D eigenvalue weighted by Gasteiger charge is -2.05. The average molecular weight is 190 g/mol. The van der Waals surface area contributed by atoms with Crippen molar-refractivity contribution < 1.29 is 0 Å². The standard InChI is InChI=1S/C10H14N4/c1-8-5-9(7-11)6-10(14-8)13-4-3-12-2/h5-6,12H,3-4H2,1-2H3,(H,13,14). The summed E-state index contributed by atoms with van der Waals surface area (Å²) in [5.74, 6) is 0.761. The van der Waals surface area contributed by atoms with Crippen molar-refractivity contribution >= 4 is 5.82 Å². The summed E-state index contributed by atoms with van der Waals surface area (Å²) in [6, 6.07) is 5.62. The maximum absolute atomic E-state index is 8.74. The Hall–Kier alpha value is -1.60. The molecule has 0 unspecified atom stereocenters. The Bertz CT molecular complexity index is 340. The van der Waals surface area contributed by atoms with E-state index in [9.17, 15) is 0 Å². The number of likely N-dealkylation sites (N-methyl/N-ethyl adjacent to an activating group) is 1.